The van der Waals surface area contributed by atoms with E-state index in [0.717, 1.165) is 5.39 Å². The molecule has 3 aromatic rings. The lowest BCUT2D eigenvalue weighted by Gasteiger charge is -2.19. The van der Waals surface area contributed by atoms with E-state index in [2.05, 4.69) is 26.1 Å². The molecule has 0 radical (unpaired) electrons. The number of aromatic hydroxyl groups is 1. The first kappa shape index (κ1) is 17.8. The van der Waals surface area contributed by atoms with Gasteiger partial charge in [0.15, 0.2) is 6.61 Å². The third-order valence-corrected chi connectivity index (χ3v) is 4.27. The minimum atomic E-state index is -0.249. The zero-order valence-electron chi connectivity index (χ0n) is 15.2. The molecule has 3 aromatic carbocycles. The Hall–Kier alpha value is -3.01. The van der Waals surface area contributed by atoms with Gasteiger partial charge in [-0.2, -0.15) is 0 Å². The van der Waals surface area contributed by atoms with Gasteiger partial charge in [-0.25, -0.2) is 0 Å². The normalized spacial score (nSPS) is 11.3. The van der Waals surface area contributed by atoms with Gasteiger partial charge in [-0.3, -0.25) is 4.79 Å². The van der Waals surface area contributed by atoms with Crippen molar-refractivity contribution in [1.29, 1.82) is 0 Å². The first-order chi connectivity index (χ1) is 12.3. The summed E-state index contributed by atoms with van der Waals surface area (Å²) in [7, 11) is 0. The monoisotopic (exact) mass is 349 g/mol. The number of benzene rings is 3. The molecule has 0 aliphatic heterocycles. The molecule has 0 aromatic heterocycles. The Kier molecular flexibility index (Phi) is 4.85. The Morgan fingerprint density at radius 1 is 0.962 bits per heavy atom. The van der Waals surface area contributed by atoms with Crippen LogP contribution in [0.2, 0.25) is 0 Å². The summed E-state index contributed by atoms with van der Waals surface area (Å²) in [4.78, 5) is 12.2. The minimum absolute atomic E-state index is 0.0792. The van der Waals surface area contributed by atoms with Crippen molar-refractivity contribution in [1.82, 2.24) is 0 Å². The van der Waals surface area contributed by atoms with Crippen molar-refractivity contribution in [2.24, 2.45) is 0 Å². The Morgan fingerprint density at radius 2 is 1.62 bits per heavy atom. The van der Waals surface area contributed by atoms with Crippen LogP contribution in [0.4, 0.5) is 5.69 Å². The molecule has 0 spiro atoms. The molecular weight excluding hydrogens is 326 g/mol. The maximum atomic E-state index is 12.2. The molecule has 1 amide bonds. The molecule has 134 valence electrons. The molecule has 0 bridgehead atoms. The second-order valence-electron chi connectivity index (χ2n) is 7.29. The first-order valence-electron chi connectivity index (χ1n) is 8.58. The average molecular weight is 349 g/mol. The number of phenols is 1. The molecule has 0 saturated carbocycles. The molecule has 26 heavy (non-hydrogen) atoms. The molecule has 0 saturated heterocycles. The number of carbonyl (C=O) groups excluding carboxylic acids is 1. The minimum Gasteiger partial charge on any atom is -0.507 e. The van der Waals surface area contributed by atoms with Crippen LogP contribution < -0.4 is 10.1 Å². The number of rotatable bonds is 4. The smallest absolute Gasteiger partial charge is 0.262 e. The van der Waals surface area contributed by atoms with Gasteiger partial charge in [0.25, 0.3) is 5.91 Å². The van der Waals surface area contributed by atoms with Crippen LogP contribution in [0.3, 0.4) is 0 Å². The van der Waals surface area contributed by atoms with E-state index in [0.29, 0.717) is 16.8 Å². The van der Waals surface area contributed by atoms with Gasteiger partial charge in [0.1, 0.15) is 11.5 Å². The standard InChI is InChI=1S/C22H23NO3/c1-22(2,3)15-8-10-16(11-9-15)26-14-21(25)23-19-12-13-20(24)18-7-5-4-6-17(18)19/h4-13,24H,14H2,1-3H3,(H,23,25). The molecule has 4 nitrogen and oxygen atoms in total. The van der Waals surface area contributed by atoms with E-state index in [4.69, 9.17) is 4.74 Å². The summed E-state index contributed by atoms with van der Waals surface area (Å²) >= 11 is 0. The topological polar surface area (TPSA) is 58.6 Å². The Morgan fingerprint density at radius 3 is 2.27 bits per heavy atom. The van der Waals surface area contributed by atoms with E-state index in [-0.39, 0.29) is 23.7 Å². The number of nitrogens with one attached hydrogen (secondary N) is 1. The molecule has 0 aliphatic rings. The number of carbonyl (C=O) groups is 1. The third-order valence-electron chi connectivity index (χ3n) is 4.27. The molecule has 0 unspecified atom stereocenters. The molecule has 0 aliphatic carbocycles. The summed E-state index contributed by atoms with van der Waals surface area (Å²) in [5.74, 6) is 0.596. The van der Waals surface area contributed by atoms with Crippen molar-refractivity contribution < 1.29 is 14.6 Å². The predicted octanol–water partition coefficient (Wildman–Crippen LogP) is 4.86. The fraction of sp³-hybridized carbons (Fsp3) is 0.227. The van der Waals surface area contributed by atoms with Crippen LogP contribution in [0.1, 0.15) is 26.3 Å². The van der Waals surface area contributed by atoms with E-state index < -0.39 is 0 Å². The van der Waals surface area contributed by atoms with Crippen LogP contribution >= 0.6 is 0 Å². The van der Waals surface area contributed by atoms with Crippen molar-refractivity contribution >= 4 is 22.4 Å². The molecular formula is C22H23NO3. The summed E-state index contributed by atoms with van der Waals surface area (Å²) in [6, 6.07) is 18.4. The maximum Gasteiger partial charge on any atom is 0.262 e. The van der Waals surface area contributed by atoms with Crippen molar-refractivity contribution in [2.75, 3.05) is 11.9 Å². The van der Waals surface area contributed by atoms with Crippen LogP contribution in [-0.4, -0.2) is 17.6 Å². The van der Waals surface area contributed by atoms with E-state index in [1.165, 1.54) is 5.56 Å². The van der Waals surface area contributed by atoms with E-state index in [1.54, 1.807) is 12.1 Å². The maximum absolute atomic E-state index is 12.2. The highest BCUT2D eigenvalue weighted by Crippen LogP contribution is 2.30. The van der Waals surface area contributed by atoms with Crippen LogP contribution in [0.15, 0.2) is 60.7 Å². The molecule has 0 atom stereocenters. The molecule has 2 N–H and O–H groups in total. The van der Waals surface area contributed by atoms with Gasteiger partial charge >= 0.3 is 0 Å². The number of hydrogen-bond acceptors (Lipinski definition) is 3. The van der Waals surface area contributed by atoms with Gasteiger partial charge in [0.05, 0.1) is 0 Å². The molecule has 3 rings (SSSR count). The van der Waals surface area contributed by atoms with Crippen LogP contribution in [0.5, 0.6) is 11.5 Å². The lowest BCUT2D eigenvalue weighted by atomic mass is 9.87. The number of anilines is 1. The van der Waals surface area contributed by atoms with E-state index in [9.17, 15) is 9.90 Å². The lowest BCUT2D eigenvalue weighted by molar-refractivity contribution is -0.118. The summed E-state index contributed by atoms with van der Waals surface area (Å²) in [5.41, 5.74) is 1.94. The van der Waals surface area contributed by atoms with E-state index >= 15 is 0 Å². The highest BCUT2D eigenvalue weighted by atomic mass is 16.5. The molecule has 0 heterocycles. The van der Waals surface area contributed by atoms with Gasteiger partial charge < -0.3 is 15.2 Å². The second kappa shape index (κ2) is 7.08. The third kappa shape index (κ3) is 3.97. The average Bonchev–Trinajstić information content (AvgIpc) is 2.62. The highest BCUT2D eigenvalue weighted by Gasteiger charge is 2.13. The second-order valence-corrected chi connectivity index (χ2v) is 7.29. The summed E-state index contributed by atoms with van der Waals surface area (Å²) in [5, 5.41) is 14.3. The first-order valence-corrected chi connectivity index (χ1v) is 8.58. The van der Waals surface area contributed by atoms with Crippen molar-refractivity contribution in [3.8, 4) is 11.5 Å². The van der Waals surface area contributed by atoms with Crippen molar-refractivity contribution in [3.05, 3.63) is 66.2 Å². The SMILES string of the molecule is CC(C)(C)c1ccc(OCC(=O)Nc2ccc(O)c3ccccc23)cc1. The Balaban J connectivity index is 1.66. The predicted molar refractivity (Wildman–Crippen MR) is 105 cm³/mol. The number of ether oxygens (including phenoxy) is 1. The van der Waals surface area contributed by atoms with Crippen LogP contribution in [0.25, 0.3) is 10.8 Å². The fourth-order valence-corrected chi connectivity index (χ4v) is 2.78. The lowest BCUT2D eigenvalue weighted by Crippen LogP contribution is -2.20. The largest absolute Gasteiger partial charge is 0.507 e. The zero-order valence-corrected chi connectivity index (χ0v) is 15.2. The van der Waals surface area contributed by atoms with Gasteiger partial charge in [0.2, 0.25) is 0 Å². The van der Waals surface area contributed by atoms with Gasteiger partial charge in [-0.1, -0.05) is 57.2 Å². The fourth-order valence-electron chi connectivity index (χ4n) is 2.78. The van der Waals surface area contributed by atoms with Gasteiger partial charge in [-0.05, 0) is 35.2 Å². The summed E-state index contributed by atoms with van der Waals surface area (Å²) in [6.45, 7) is 6.37. The Labute approximate surface area is 153 Å². The molecule has 0 fully saturated rings. The van der Waals surface area contributed by atoms with Gasteiger partial charge in [0, 0.05) is 16.5 Å². The van der Waals surface area contributed by atoms with Crippen LogP contribution in [-0.2, 0) is 10.2 Å². The highest BCUT2D eigenvalue weighted by molar-refractivity contribution is 6.04. The van der Waals surface area contributed by atoms with Crippen LogP contribution in [0, 0.1) is 0 Å². The number of phenolic OH excluding ortho intramolecular Hbond substituents is 1. The number of hydrogen-bond donors (Lipinski definition) is 2. The zero-order chi connectivity index (χ0) is 18.7. The van der Waals surface area contributed by atoms with Gasteiger partial charge in [-0.15, -0.1) is 0 Å². The molecule has 4 heteroatoms. The van der Waals surface area contributed by atoms with Crippen molar-refractivity contribution in [2.45, 2.75) is 26.2 Å². The van der Waals surface area contributed by atoms with Crippen molar-refractivity contribution in [3.63, 3.8) is 0 Å². The summed E-state index contributed by atoms with van der Waals surface area (Å²) in [6.07, 6.45) is 0. The quantitative estimate of drug-likeness (QED) is 0.661. The van der Waals surface area contributed by atoms with E-state index in [1.807, 2.05) is 48.5 Å². The number of fused-ring (bicyclic) bond motifs is 1. The Bertz CT molecular complexity index is 924. The number of amides is 1. The summed E-state index contributed by atoms with van der Waals surface area (Å²) < 4.78 is 5.58.